The van der Waals surface area contributed by atoms with Crippen LogP contribution in [0.5, 0.6) is 0 Å². The van der Waals surface area contributed by atoms with E-state index in [9.17, 15) is 14.9 Å². The van der Waals surface area contributed by atoms with Crippen LogP contribution in [-0.2, 0) is 0 Å². The SMILES string of the molecule is CC1CN(C(=O)c2cc([N+](=O)[O-])cnc2Cl)CCC1N. The number of piperidine rings is 1. The summed E-state index contributed by atoms with van der Waals surface area (Å²) in [5.74, 6) is -0.164. The molecule has 1 aliphatic heterocycles. The Morgan fingerprint density at radius 2 is 2.35 bits per heavy atom. The highest BCUT2D eigenvalue weighted by molar-refractivity contribution is 6.32. The van der Waals surface area contributed by atoms with Gasteiger partial charge in [-0.15, -0.1) is 0 Å². The smallest absolute Gasteiger partial charge is 0.288 e. The van der Waals surface area contributed by atoms with Crippen LogP contribution in [0.4, 0.5) is 5.69 Å². The molecule has 2 N–H and O–H groups in total. The number of nitro groups is 1. The molecule has 2 unspecified atom stereocenters. The number of likely N-dealkylation sites (tertiary alicyclic amines) is 1. The Balaban J connectivity index is 2.25. The molecule has 2 atom stereocenters. The maximum atomic E-state index is 12.4. The number of rotatable bonds is 2. The molecular weight excluding hydrogens is 284 g/mol. The second-order valence-corrected chi connectivity index (χ2v) is 5.33. The van der Waals surface area contributed by atoms with Gasteiger partial charge >= 0.3 is 0 Å². The first kappa shape index (κ1) is 14.7. The van der Waals surface area contributed by atoms with Gasteiger partial charge in [-0.05, 0) is 12.3 Å². The van der Waals surface area contributed by atoms with Crippen molar-refractivity contribution in [2.45, 2.75) is 19.4 Å². The molecule has 108 valence electrons. The molecule has 0 bridgehead atoms. The standard InChI is InChI=1S/C12H15ClN4O3/c1-7-6-16(3-2-10(7)14)12(18)9-4-8(17(19)20)5-15-11(9)13/h4-5,7,10H,2-3,6,14H2,1H3. The first-order chi connectivity index (χ1) is 9.40. The Hall–Kier alpha value is -1.73. The molecule has 1 amide bonds. The van der Waals surface area contributed by atoms with Gasteiger partial charge in [0.05, 0.1) is 10.5 Å². The molecule has 0 spiro atoms. The normalized spacial score (nSPS) is 22.6. The third-order valence-corrected chi connectivity index (χ3v) is 3.83. The van der Waals surface area contributed by atoms with Crippen molar-refractivity contribution in [3.8, 4) is 0 Å². The fraction of sp³-hybridized carbons (Fsp3) is 0.500. The summed E-state index contributed by atoms with van der Waals surface area (Å²) in [6, 6.07) is 1.23. The summed E-state index contributed by atoms with van der Waals surface area (Å²) in [6.45, 7) is 3.00. The molecule has 0 aromatic carbocycles. The average molecular weight is 299 g/mol. The predicted molar refractivity (Wildman–Crippen MR) is 73.6 cm³/mol. The minimum absolute atomic E-state index is 0.0249. The lowest BCUT2D eigenvalue weighted by molar-refractivity contribution is -0.385. The zero-order valence-corrected chi connectivity index (χ0v) is 11.7. The van der Waals surface area contributed by atoms with Gasteiger partial charge in [-0.3, -0.25) is 14.9 Å². The maximum absolute atomic E-state index is 12.4. The van der Waals surface area contributed by atoms with Crippen LogP contribution in [-0.4, -0.2) is 39.8 Å². The van der Waals surface area contributed by atoms with Crippen LogP contribution in [0, 0.1) is 16.0 Å². The number of amides is 1. The fourth-order valence-electron chi connectivity index (χ4n) is 2.21. The Morgan fingerprint density at radius 3 is 2.95 bits per heavy atom. The van der Waals surface area contributed by atoms with Gasteiger partial charge in [-0.2, -0.15) is 0 Å². The van der Waals surface area contributed by atoms with Gasteiger partial charge in [0.15, 0.2) is 0 Å². The number of pyridine rings is 1. The van der Waals surface area contributed by atoms with E-state index in [1.807, 2.05) is 6.92 Å². The third-order valence-electron chi connectivity index (χ3n) is 3.52. The minimum atomic E-state index is -0.602. The zero-order valence-electron chi connectivity index (χ0n) is 11.0. The first-order valence-corrected chi connectivity index (χ1v) is 6.62. The van der Waals surface area contributed by atoms with Crippen LogP contribution in [0.1, 0.15) is 23.7 Å². The number of carbonyl (C=O) groups is 1. The van der Waals surface area contributed by atoms with Crippen molar-refractivity contribution in [2.24, 2.45) is 11.7 Å². The van der Waals surface area contributed by atoms with E-state index in [0.717, 1.165) is 12.3 Å². The fourth-order valence-corrected chi connectivity index (χ4v) is 2.39. The molecule has 1 fully saturated rings. The lowest BCUT2D eigenvalue weighted by Gasteiger charge is -2.35. The van der Waals surface area contributed by atoms with Gasteiger partial charge in [0.1, 0.15) is 11.3 Å². The molecular formula is C12H15ClN4O3. The van der Waals surface area contributed by atoms with Gasteiger partial charge in [0, 0.05) is 25.2 Å². The van der Waals surface area contributed by atoms with Crippen molar-refractivity contribution < 1.29 is 9.72 Å². The number of hydrogen-bond acceptors (Lipinski definition) is 5. The Bertz CT molecular complexity index is 552. The van der Waals surface area contributed by atoms with Gasteiger partial charge in [0.2, 0.25) is 0 Å². The largest absolute Gasteiger partial charge is 0.338 e. The van der Waals surface area contributed by atoms with Gasteiger partial charge in [0.25, 0.3) is 11.6 Å². The summed E-state index contributed by atoms with van der Waals surface area (Å²) in [5.41, 5.74) is 5.72. The van der Waals surface area contributed by atoms with Gasteiger partial charge < -0.3 is 10.6 Å². The summed E-state index contributed by atoms with van der Waals surface area (Å²) in [6.07, 6.45) is 1.74. The van der Waals surface area contributed by atoms with Crippen LogP contribution in [0.15, 0.2) is 12.3 Å². The highest BCUT2D eigenvalue weighted by Crippen LogP contribution is 2.23. The van der Waals surface area contributed by atoms with Crippen LogP contribution in [0.3, 0.4) is 0 Å². The molecule has 0 saturated carbocycles. The lowest BCUT2D eigenvalue weighted by Crippen LogP contribution is -2.48. The number of halogens is 1. The second-order valence-electron chi connectivity index (χ2n) is 4.97. The number of hydrogen-bond donors (Lipinski definition) is 1. The van der Waals surface area contributed by atoms with Crippen molar-refractivity contribution in [2.75, 3.05) is 13.1 Å². The summed E-state index contributed by atoms with van der Waals surface area (Å²) in [5, 5.41) is 10.7. The first-order valence-electron chi connectivity index (χ1n) is 6.25. The molecule has 20 heavy (non-hydrogen) atoms. The molecule has 2 rings (SSSR count). The molecule has 0 radical (unpaired) electrons. The van der Waals surface area contributed by atoms with E-state index in [1.54, 1.807) is 4.90 Å². The summed E-state index contributed by atoms with van der Waals surface area (Å²) < 4.78 is 0. The number of carbonyl (C=O) groups excluding carboxylic acids is 1. The van der Waals surface area contributed by atoms with Crippen molar-refractivity contribution in [3.05, 3.63) is 33.1 Å². The lowest BCUT2D eigenvalue weighted by atomic mass is 9.94. The van der Waals surface area contributed by atoms with Crippen molar-refractivity contribution in [1.29, 1.82) is 0 Å². The second kappa shape index (κ2) is 5.72. The number of aromatic nitrogens is 1. The van der Waals surface area contributed by atoms with E-state index in [1.165, 1.54) is 0 Å². The van der Waals surface area contributed by atoms with Gasteiger partial charge in [-0.1, -0.05) is 18.5 Å². The van der Waals surface area contributed by atoms with E-state index in [-0.39, 0.29) is 34.3 Å². The zero-order chi connectivity index (χ0) is 14.9. The molecule has 1 aromatic rings. The minimum Gasteiger partial charge on any atom is -0.338 e. The molecule has 1 aliphatic rings. The van der Waals surface area contributed by atoms with Crippen molar-refractivity contribution >= 4 is 23.2 Å². The quantitative estimate of drug-likeness (QED) is 0.506. The van der Waals surface area contributed by atoms with E-state index in [4.69, 9.17) is 17.3 Å². The van der Waals surface area contributed by atoms with E-state index in [0.29, 0.717) is 19.5 Å². The molecule has 0 aliphatic carbocycles. The topological polar surface area (TPSA) is 102 Å². The highest BCUT2D eigenvalue weighted by Gasteiger charge is 2.29. The van der Waals surface area contributed by atoms with Crippen LogP contribution < -0.4 is 5.73 Å². The van der Waals surface area contributed by atoms with E-state index < -0.39 is 4.92 Å². The third kappa shape index (κ3) is 2.88. The molecule has 8 heteroatoms. The number of nitrogens with two attached hydrogens (primary N) is 1. The van der Waals surface area contributed by atoms with Crippen LogP contribution in [0.25, 0.3) is 0 Å². The molecule has 1 aromatic heterocycles. The number of nitrogens with zero attached hydrogens (tertiary/aromatic N) is 3. The van der Waals surface area contributed by atoms with Crippen molar-refractivity contribution in [3.63, 3.8) is 0 Å². The Labute approximate surface area is 120 Å². The van der Waals surface area contributed by atoms with E-state index >= 15 is 0 Å². The summed E-state index contributed by atoms with van der Waals surface area (Å²) >= 11 is 5.87. The molecule has 1 saturated heterocycles. The predicted octanol–water partition coefficient (Wildman–Crippen LogP) is 1.45. The molecule has 2 heterocycles. The average Bonchev–Trinajstić information content (AvgIpc) is 2.41. The maximum Gasteiger partial charge on any atom is 0.288 e. The van der Waals surface area contributed by atoms with Gasteiger partial charge in [-0.25, -0.2) is 4.98 Å². The van der Waals surface area contributed by atoms with Crippen LogP contribution >= 0.6 is 11.6 Å². The van der Waals surface area contributed by atoms with E-state index in [2.05, 4.69) is 4.98 Å². The van der Waals surface area contributed by atoms with Crippen molar-refractivity contribution in [1.82, 2.24) is 9.88 Å². The Morgan fingerprint density at radius 1 is 1.65 bits per heavy atom. The monoisotopic (exact) mass is 298 g/mol. The summed E-state index contributed by atoms with van der Waals surface area (Å²) in [4.78, 5) is 27.8. The van der Waals surface area contributed by atoms with Crippen LogP contribution in [0.2, 0.25) is 5.15 Å². The molecule has 7 nitrogen and oxygen atoms in total. The summed E-state index contributed by atoms with van der Waals surface area (Å²) in [7, 11) is 0. The highest BCUT2D eigenvalue weighted by atomic mass is 35.5. The Kier molecular flexibility index (Phi) is 4.20.